The Morgan fingerprint density at radius 2 is 1.78 bits per heavy atom. The van der Waals surface area contributed by atoms with E-state index in [9.17, 15) is 9.59 Å². The van der Waals surface area contributed by atoms with Crippen molar-refractivity contribution in [1.29, 1.82) is 0 Å². The zero-order chi connectivity index (χ0) is 19.8. The van der Waals surface area contributed by atoms with Gasteiger partial charge in [-0.15, -0.1) is 0 Å². The third kappa shape index (κ3) is 6.35. The molecule has 0 aliphatic heterocycles. The van der Waals surface area contributed by atoms with Crippen molar-refractivity contribution < 1.29 is 14.9 Å². The summed E-state index contributed by atoms with van der Waals surface area (Å²) < 4.78 is 0. The highest BCUT2D eigenvalue weighted by Crippen LogP contribution is 2.33. The van der Waals surface area contributed by atoms with E-state index in [2.05, 4.69) is 48.7 Å². The summed E-state index contributed by atoms with van der Waals surface area (Å²) in [5.74, 6) is 0.962. The van der Waals surface area contributed by atoms with Crippen molar-refractivity contribution in [3.63, 3.8) is 0 Å². The van der Waals surface area contributed by atoms with E-state index < -0.39 is 0 Å². The number of hydrogen-bond acceptors (Lipinski definition) is 2. The molecule has 1 aromatic rings. The van der Waals surface area contributed by atoms with Crippen molar-refractivity contribution in [2.75, 3.05) is 27.2 Å². The van der Waals surface area contributed by atoms with Crippen molar-refractivity contribution in [3.05, 3.63) is 35.4 Å². The van der Waals surface area contributed by atoms with Crippen LogP contribution in [0, 0.1) is 5.92 Å². The van der Waals surface area contributed by atoms with Crippen LogP contribution < -0.4 is 10.6 Å². The Balaban J connectivity index is 1.96. The van der Waals surface area contributed by atoms with Gasteiger partial charge in [0.25, 0.3) is 5.91 Å². The molecule has 2 amide bonds. The highest BCUT2D eigenvalue weighted by atomic mass is 16.2. The van der Waals surface area contributed by atoms with Gasteiger partial charge in [-0.3, -0.25) is 9.59 Å². The molecule has 0 unspecified atom stereocenters. The number of rotatable bonds is 8. The minimum Gasteiger partial charge on any atom is -0.358 e. The van der Waals surface area contributed by atoms with Crippen LogP contribution in [-0.4, -0.2) is 43.9 Å². The number of likely N-dealkylation sites (N-methyl/N-ethyl adjacent to an activating group) is 2. The van der Waals surface area contributed by atoms with Gasteiger partial charge in [-0.05, 0) is 24.3 Å². The minimum atomic E-state index is -0.149. The average Bonchev–Trinajstić information content (AvgIpc) is 2.68. The molecule has 5 heteroatoms. The summed E-state index contributed by atoms with van der Waals surface area (Å²) in [6.07, 6.45) is 6.69. The van der Waals surface area contributed by atoms with Gasteiger partial charge in [0.05, 0.1) is 6.54 Å². The number of hydrogen-bond donors (Lipinski definition) is 2. The molecule has 1 aliphatic rings. The van der Waals surface area contributed by atoms with E-state index in [1.165, 1.54) is 48.1 Å². The summed E-state index contributed by atoms with van der Waals surface area (Å²) in [5, 5.41) is 4.65. The summed E-state index contributed by atoms with van der Waals surface area (Å²) in [5.41, 5.74) is 2.73. The molecule has 27 heavy (non-hydrogen) atoms. The smallest absolute Gasteiger partial charge is 0.277 e. The lowest BCUT2D eigenvalue weighted by molar-refractivity contribution is -0.692. The lowest BCUT2D eigenvalue weighted by Crippen LogP contribution is -2.88. The van der Waals surface area contributed by atoms with Crippen LogP contribution in [0.15, 0.2) is 24.3 Å². The Kier molecular flexibility index (Phi) is 8.29. The van der Waals surface area contributed by atoms with E-state index in [1.54, 1.807) is 14.1 Å². The largest absolute Gasteiger partial charge is 0.358 e. The average molecular weight is 375 g/mol. The summed E-state index contributed by atoms with van der Waals surface area (Å²) in [7, 11) is 3.26. The molecule has 0 heterocycles. The van der Waals surface area contributed by atoms with Crippen molar-refractivity contribution in [1.82, 2.24) is 10.2 Å². The number of amides is 2. The van der Waals surface area contributed by atoms with Gasteiger partial charge in [0.15, 0.2) is 6.54 Å². The fourth-order valence-electron chi connectivity index (χ4n) is 3.99. The molecule has 150 valence electrons. The van der Waals surface area contributed by atoms with Crippen LogP contribution in [0.1, 0.15) is 69.0 Å². The van der Waals surface area contributed by atoms with Crippen molar-refractivity contribution in [2.24, 2.45) is 5.92 Å². The van der Waals surface area contributed by atoms with Crippen LogP contribution in [0.3, 0.4) is 0 Å². The molecular weight excluding hydrogens is 338 g/mol. The Hall–Kier alpha value is -1.88. The fourth-order valence-corrected chi connectivity index (χ4v) is 3.99. The quantitative estimate of drug-likeness (QED) is 0.733. The summed E-state index contributed by atoms with van der Waals surface area (Å²) in [6, 6.07) is 9.29. The van der Waals surface area contributed by atoms with Crippen LogP contribution in [0.5, 0.6) is 0 Å². The second kappa shape index (κ2) is 10.5. The van der Waals surface area contributed by atoms with E-state index in [4.69, 9.17) is 0 Å². The first-order chi connectivity index (χ1) is 12.9. The van der Waals surface area contributed by atoms with Crippen LogP contribution in [0.25, 0.3) is 0 Å². The first kappa shape index (κ1) is 21.4. The normalized spacial score (nSPS) is 16.2. The molecule has 1 saturated carbocycles. The van der Waals surface area contributed by atoms with E-state index >= 15 is 0 Å². The molecule has 1 aliphatic carbocycles. The number of carbonyl (C=O) groups is 2. The van der Waals surface area contributed by atoms with Gasteiger partial charge in [-0.2, -0.15) is 0 Å². The number of nitrogens with two attached hydrogens (primary N) is 1. The van der Waals surface area contributed by atoms with Crippen molar-refractivity contribution in [3.8, 4) is 0 Å². The molecule has 3 N–H and O–H groups in total. The van der Waals surface area contributed by atoms with Crippen LogP contribution >= 0.6 is 0 Å². The van der Waals surface area contributed by atoms with Gasteiger partial charge in [0.1, 0.15) is 6.04 Å². The number of nitrogens with zero attached hydrogens (tertiary/aromatic N) is 1. The lowest BCUT2D eigenvalue weighted by Gasteiger charge is -2.24. The monoisotopic (exact) mass is 374 g/mol. The highest BCUT2D eigenvalue weighted by molar-refractivity contribution is 5.84. The molecule has 1 aromatic carbocycles. The Morgan fingerprint density at radius 1 is 1.15 bits per heavy atom. The third-order valence-electron chi connectivity index (χ3n) is 5.75. The zero-order valence-corrected chi connectivity index (χ0v) is 17.3. The highest BCUT2D eigenvalue weighted by Gasteiger charge is 2.23. The second-order valence-electron chi connectivity index (χ2n) is 8.13. The first-order valence-corrected chi connectivity index (χ1v) is 10.3. The Bertz CT molecular complexity index is 606. The van der Waals surface area contributed by atoms with E-state index in [-0.39, 0.29) is 24.4 Å². The first-order valence-electron chi connectivity index (χ1n) is 10.3. The molecule has 0 bridgehead atoms. The van der Waals surface area contributed by atoms with Crippen molar-refractivity contribution in [2.45, 2.75) is 57.9 Å². The molecular formula is C22H36N3O2+. The number of nitrogens with one attached hydrogen (secondary N) is 1. The zero-order valence-electron chi connectivity index (χ0n) is 17.3. The molecule has 0 radical (unpaired) electrons. The van der Waals surface area contributed by atoms with Crippen LogP contribution in [-0.2, 0) is 9.59 Å². The van der Waals surface area contributed by atoms with E-state index in [0.29, 0.717) is 18.4 Å². The predicted molar refractivity (Wildman–Crippen MR) is 108 cm³/mol. The van der Waals surface area contributed by atoms with E-state index in [0.717, 1.165) is 0 Å². The van der Waals surface area contributed by atoms with Crippen LogP contribution in [0.4, 0.5) is 0 Å². The molecule has 0 aromatic heterocycles. The van der Waals surface area contributed by atoms with Gasteiger partial charge >= 0.3 is 0 Å². The maximum atomic E-state index is 12.3. The lowest BCUT2D eigenvalue weighted by atomic mass is 9.83. The minimum absolute atomic E-state index is 0.0249. The third-order valence-corrected chi connectivity index (χ3v) is 5.75. The molecule has 1 atom stereocenters. The molecule has 0 saturated heterocycles. The fraction of sp³-hybridized carbons (Fsp3) is 0.636. The number of benzene rings is 1. The van der Waals surface area contributed by atoms with Gasteiger partial charge in [-0.1, -0.05) is 57.4 Å². The van der Waals surface area contributed by atoms with Gasteiger partial charge < -0.3 is 15.5 Å². The maximum absolute atomic E-state index is 12.3. The van der Waals surface area contributed by atoms with E-state index in [1.807, 2.05) is 0 Å². The summed E-state index contributed by atoms with van der Waals surface area (Å²) in [6.45, 7) is 4.83. The molecule has 0 spiro atoms. The Labute approximate surface area is 163 Å². The van der Waals surface area contributed by atoms with Gasteiger partial charge in [0.2, 0.25) is 5.91 Å². The SMILES string of the molecule is CNC(=O)CN(C)C(=O)C[NH2+][C@@H](c1ccc(C2CCCCC2)cc1)C(C)C. The molecule has 5 nitrogen and oxygen atoms in total. The second-order valence-corrected chi connectivity index (χ2v) is 8.13. The van der Waals surface area contributed by atoms with Gasteiger partial charge in [-0.25, -0.2) is 0 Å². The Morgan fingerprint density at radius 3 is 2.33 bits per heavy atom. The molecule has 1 fully saturated rings. The van der Waals surface area contributed by atoms with Crippen molar-refractivity contribution >= 4 is 11.8 Å². The summed E-state index contributed by atoms with van der Waals surface area (Å²) in [4.78, 5) is 25.3. The maximum Gasteiger partial charge on any atom is 0.277 e. The number of quaternary nitrogens is 1. The number of carbonyl (C=O) groups excluding carboxylic acids is 2. The standard InChI is InChI=1S/C22H35N3O2/c1-16(2)22(24-14-21(27)25(4)15-20(26)23-3)19-12-10-18(11-13-19)17-8-6-5-7-9-17/h10-13,16-17,22,24H,5-9,14-15H2,1-4H3,(H,23,26)/p+1/t22-/m1/s1. The van der Waals surface area contributed by atoms with Gasteiger partial charge in [0, 0.05) is 25.6 Å². The topological polar surface area (TPSA) is 66.0 Å². The predicted octanol–water partition coefficient (Wildman–Crippen LogP) is 2.20. The molecule has 2 rings (SSSR count). The van der Waals surface area contributed by atoms with Crippen LogP contribution in [0.2, 0.25) is 0 Å². The summed E-state index contributed by atoms with van der Waals surface area (Å²) >= 11 is 0.